The van der Waals surface area contributed by atoms with Gasteiger partial charge in [-0.05, 0) is 12.1 Å². The molecule has 3 rings (SSSR count). The molecule has 0 saturated carbocycles. The first-order valence-corrected chi connectivity index (χ1v) is 5.99. The zero-order valence-electron chi connectivity index (χ0n) is 8.47. The summed E-state index contributed by atoms with van der Waals surface area (Å²) in [5.74, 6) is -0.343. The number of carbonyl (C=O) groups is 1. The lowest BCUT2D eigenvalue weighted by molar-refractivity contribution is -0.123. The Morgan fingerprint density at radius 3 is 2.94 bits per heavy atom. The zero-order valence-corrected chi connectivity index (χ0v) is 9.29. The first kappa shape index (κ1) is 10.1. The Bertz CT molecular complexity index is 445. The summed E-state index contributed by atoms with van der Waals surface area (Å²) in [4.78, 5) is 12.3. The standard InChI is InChI=1S/C11H11NO3S/c13-10-8-2-1-6(16-7-4-15-5-7)3-9(8)12-11(10)14/h1-3,7,10,13H,4-5H2,(H,12,14). The summed E-state index contributed by atoms with van der Waals surface area (Å²) < 4.78 is 5.10. The topological polar surface area (TPSA) is 58.6 Å². The summed E-state index contributed by atoms with van der Waals surface area (Å²) in [5, 5.41) is 12.7. The Labute approximate surface area is 97.0 Å². The molecule has 0 radical (unpaired) electrons. The van der Waals surface area contributed by atoms with Gasteiger partial charge in [0.15, 0.2) is 6.10 Å². The number of fused-ring (bicyclic) bond motifs is 1. The molecular weight excluding hydrogens is 226 g/mol. The van der Waals surface area contributed by atoms with Crippen LogP contribution in [-0.2, 0) is 9.53 Å². The Balaban J connectivity index is 1.83. The van der Waals surface area contributed by atoms with Crippen molar-refractivity contribution in [3.05, 3.63) is 23.8 Å². The minimum absolute atomic E-state index is 0.343. The third kappa shape index (κ3) is 1.61. The number of carbonyl (C=O) groups excluding carboxylic acids is 1. The average Bonchev–Trinajstić information content (AvgIpc) is 2.49. The van der Waals surface area contributed by atoms with Crippen LogP contribution in [0.1, 0.15) is 11.7 Å². The summed E-state index contributed by atoms with van der Waals surface area (Å²) in [6, 6.07) is 5.65. The van der Waals surface area contributed by atoms with Crippen LogP contribution in [0.15, 0.2) is 23.1 Å². The van der Waals surface area contributed by atoms with Crippen molar-refractivity contribution in [1.82, 2.24) is 0 Å². The van der Waals surface area contributed by atoms with E-state index in [1.165, 1.54) is 0 Å². The fraction of sp³-hybridized carbons (Fsp3) is 0.364. The summed E-state index contributed by atoms with van der Waals surface area (Å²) in [6.45, 7) is 1.58. The highest BCUT2D eigenvalue weighted by Crippen LogP contribution is 2.36. The van der Waals surface area contributed by atoms with Gasteiger partial charge in [0, 0.05) is 16.1 Å². The molecule has 84 valence electrons. The van der Waals surface area contributed by atoms with Gasteiger partial charge in [-0.25, -0.2) is 0 Å². The molecule has 1 aromatic carbocycles. The highest BCUT2D eigenvalue weighted by molar-refractivity contribution is 8.00. The van der Waals surface area contributed by atoms with E-state index < -0.39 is 6.10 Å². The van der Waals surface area contributed by atoms with Gasteiger partial charge in [0.25, 0.3) is 5.91 Å². The minimum atomic E-state index is -1.01. The fourth-order valence-corrected chi connectivity index (χ4v) is 2.82. The molecule has 1 amide bonds. The van der Waals surface area contributed by atoms with Crippen molar-refractivity contribution < 1.29 is 14.6 Å². The number of hydrogen-bond acceptors (Lipinski definition) is 4. The van der Waals surface area contributed by atoms with E-state index in [0.717, 1.165) is 23.8 Å². The third-order valence-electron chi connectivity index (χ3n) is 2.74. The molecule has 2 aliphatic rings. The van der Waals surface area contributed by atoms with Gasteiger partial charge in [-0.3, -0.25) is 4.79 Å². The van der Waals surface area contributed by atoms with E-state index in [9.17, 15) is 9.90 Å². The van der Waals surface area contributed by atoms with Gasteiger partial charge in [0.1, 0.15) is 0 Å². The molecule has 1 saturated heterocycles. The Kier molecular flexibility index (Phi) is 2.38. The van der Waals surface area contributed by atoms with Gasteiger partial charge < -0.3 is 15.2 Å². The van der Waals surface area contributed by atoms with Crippen LogP contribution in [0.5, 0.6) is 0 Å². The number of benzene rings is 1. The molecular formula is C11H11NO3S. The minimum Gasteiger partial charge on any atom is -0.379 e. The van der Waals surface area contributed by atoms with Crippen molar-refractivity contribution in [3.8, 4) is 0 Å². The molecule has 0 bridgehead atoms. The highest BCUT2D eigenvalue weighted by atomic mass is 32.2. The van der Waals surface area contributed by atoms with Crippen LogP contribution in [0.4, 0.5) is 5.69 Å². The van der Waals surface area contributed by atoms with Crippen LogP contribution in [0.2, 0.25) is 0 Å². The van der Waals surface area contributed by atoms with E-state index in [-0.39, 0.29) is 5.91 Å². The average molecular weight is 237 g/mol. The lowest BCUT2D eigenvalue weighted by atomic mass is 10.1. The maximum Gasteiger partial charge on any atom is 0.257 e. The molecule has 16 heavy (non-hydrogen) atoms. The maximum atomic E-state index is 11.2. The van der Waals surface area contributed by atoms with E-state index in [0.29, 0.717) is 10.8 Å². The fourth-order valence-electron chi connectivity index (χ4n) is 1.77. The van der Waals surface area contributed by atoms with Crippen molar-refractivity contribution in [2.24, 2.45) is 0 Å². The summed E-state index contributed by atoms with van der Waals surface area (Å²) in [7, 11) is 0. The van der Waals surface area contributed by atoms with Crippen molar-refractivity contribution in [1.29, 1.82) is 0 Å². The van der Waals surface area contributed by atoms with Crippen molar-refractivity contribution in [3.63, 3.8) is 0 Å². The lowest BCUT2D eigenvalue weighted by Crippen LogP contribution is -2.29. The van der Waals surface area contributed by atoms with E-state index in [4.69, 9.17) is 4.74 Å². The number of anilines is 1. The highest BCUT2D eigenvalue weighted by Gasteiger charge is 2.29. The molecule has 5 heteroatoms. The smallest absolute Gasteiger partial charge is 0.257 e. The lowest BCUT2D eigenvalue weighted by Gasteiger charge is -2.25. The molecule has 2 aliphatic heterocycles. The van der Waals surface area contributed by atoms with Gasteiger partial charge >= 0.3 is 0 Å². The predicted octanol–water partition coefficient (Wildman–Crippen LogP) is 1.16. The van der Waals surface area contributed by atoms with E-state index >= 15 is 0 Å². The van der Waals surface area contributed by atoms with E-state index in [1.54, 1.807) is 17.8 Å². The van der Waals surface area contributed by atoms with Crippen molar-refractivity contribution >= 4 is 23.4 Å². The SMILES string of the molecule is O=C1Nc2cc(SC3COC3)ccc2C1O. The number of amides is 1. The zero-order chi connectivity index (χ0) is 11.1. The summed E-state index contributed by atoms with van der Waals surface area (Å²) in [6.07, 6.45) is -1.01. The number of thioether (sulfide) groups is 1. The quantitative estimate of drug-likeness (QED) is 0.810. The number of aliphatic hydroxyl groups excluding tert-OH is 1. The van der Waals surface area contributed by atoms with Crippen LogP contribution in [0.25, 0.3) is 0 Å². The summed E-state index contributed by atoms with van der Waals surface area (Å²) in [5.41, 5.74) is 1.39. The second kappa shape index (κ2) is 3.76. The van der Waals surface area contributed by atoms with Crippen LogP contribution in [0, 0.1) is 0 Å². The number of ether oxygens (including phenoxy) is 1. The number of rotatable bonds is 2. The third-order valence-corrected chi connectivity index (χ3v) is 3.87. The van der Waals surface area contributed by atoms with E-state index in [1.807, 2.05) is 12.1 Å². The first-order valence-electron chi connectivity index (χ1n) is 5.11. The van der Waals surface area contributed by atoms with Crippen LogP contribution >= 0.6 is 11.8 Å². The molecule has 1 atom stereocenters. The molecule has 2 N–H and O–H groups in total. The molecule has 2 heterocycles. The van der Waals surface area contributed by atoms with Crippen LogP contribution < -0.4 is 5.32 Å². The molecule has 4 nitrogen and oxygen atoms in total. The largest absolute Gasteiger partial charge is 0.379 e. The maximum absolute atomic E-state index is 11.2. The second-order valence-electron chi connectivity index (χ2n) is 3.92. The Hall–Kier alpha value is -1.04. The Morgan fingerprint density at radius 2 is 2.25 bits per heavy atom. The number of aliphatic hydroxyl groups is 1. The van der Waals surface area contributed by atoms with Gasteiger partial charge in [-0.2, -0.15) is 0 Å². The molecule has 1 unspecified atom stereocenters. The second-order valence-corrected chi connectivity index (χ2v) is 5.29. The van der Waals surface area contributed by atoms with Gasteiger partial charge in [-0.1, -0.05) is 6.07 Å². The normalized spacial score (nSPS) is 23.8. The summed E-state index contributed by atoms with van der Waals surface area (Å²) >= 11 is 1.74. The molecule has 0 aromatic heterocycles. The molecule has 1 fully saturated rings. The van der Waals surface area contributed by atoms with Crippen LogP contribution in [0.3, 0.4) is 0 Å². The van der Waals surface area contributed by atoms with Crippen molar-refractivity contribution in [2.75, 3.05) is 18.5 Å². The molecule has 0 spiro atoms. The van der Waals surface area contributed by atoms with Gasteiger partial charge in [0.05, 0.1) is 18.5 Å². The van der Waals surface area contributed by atoms with Crippen LogP contribution in [-0.4, -0.2) is 29.5 Å². The Morgan fingerprint density at radius 1 is 1.44 bits per heavy atom. The molecule has 1 aromatic rings. The number of hydrogen-bond donors (Lipinski definition) is 2. The monoisotopic (exact) mass is 237 g/mol. The number of nitrogens with one attached hydrogen (secondary N) is 1. The van der Waals surface area contributed by atoms with Gasteiger partial charge in [0.2, 0.25) is 0 Å². The molecule has 0 aliphatic carbocycles. The van der Waals surface area contributed by atoms with Gasteiger partial charge in [-0.15, -0.1) is 11.8 Å². The van der Waals surface area contributed by atoms with E-state index in [2.05, 4.69) is 5.32 Å². The predicted molar refractivity (Wildman–Crippen MR) is 60.5 cm³/mol. The van der Waals surface area contributed by atoms with Crippen molar-refractivity contribution in [2.45, 2.75) is 16.2 Å². The first-order chi connectivity index (χ1) is 7.74.